The molecule has 0 fully saturated rings. The molecule has 0 aromatic heterocycles. The molecule has 2 amide bonds. The molecule has 2 aromatic rings. The molecule has 4 rings (SSSR count). The van der Waals surface area contributed by atoms with Gasteiger partial charge in [0.25, 0.3) is 5.91 Å². The second kappa shape index (κ2) is 8.85. The number of anilines is 1. The summed E-state index contributed by atoms with van der Waals surface area (Å²) in [6.07, 6.45) is 0.846. The Morgan fingerprint density at radius 2 is 1.90 bits per heavy atom. The summed E-state index contributed by atoms with van der Waals surface area (Å²) in [5, 5.41) is 3.28. The van der Waals surface area contributed by atoms with Crippen molar-refractivity contribution in [3.63, 3.8) is 0 Å². The molecule has 0 saturated heterocycles. The van der Waals surface area contributed by atoms with Crippen LogP contribution in [0.15, 0.2) is 58.5 Å². The van der Waals surface area contributed by atoms with E-state index in [2.05, 4.69) is 5.32 Å². The van der Waals surface area contributed by atoms with Gasteiger partial charge in [0.1, 0.15) is 11.9 Å². The van der Waals surface area contributed by atoms with Crippen LogP contribution in [0.4, 0.5) is 11.4 Å². The van der Waals surface area contributed by atoms with Gasteiger partial charge < -0.3 is 5.32 Å². The molecule has 2 aliphatic rings. The molecule has 0 aliphatic carbocycles. The first-order valence-electron chi connectivity index (χ1n) is 10.2. The van der Waals surface area contributed by atoms with Crippen LogP contribution < -0.4 is 5.32 Å². The predicted octanol–water partition coefficient (Wildman–Crippen LogP) is 5.11. The van der Waals surface area contributed by atoms with Crippen molar-refractivity contribution in [2.24, 2.45) is 15.9 Å². The third kappa shape index (κ3) is 4.12. The monoisotopic (exact) mass is 454 g/mol. The molecule has 3 atom stereocenters. The van der Waals surface area contributed by atoms with Gasteiger partial charge in [-0.15, -0.1) is 0 Å². The minimum absolute atomic E-state index is 0.0937. The summed E-state index contributed by atoms with van der Waals surface area (Å²) in [4.78, 5) is 37.1. The highest BCUT2D eigenvalue weighted by atomic mass is 35.5. The van der Waals surface area contributed by atoms with Crippen molar-refractivity contribution >= 4 is 57.6 Å². The Kier molecular flexibility index (Phi) is 6.16. The molecule has 160 valence electrons. The molecule has 0 saturated carbocycles. The van der Waals surface area contributed by atoms with Crippen LogP contribution in [0.2, 0.25) is 5.02 Å². The van der Waals surface area contributed by atoms with E-state index in [1.165, 1.54) is 11.8 Å². The average Bonchev–Trinajstić information content (AvgIpc) is 3.12. The van der Waals surface area contributed by atoms with Crippen LogP contribution in [0.1, 0.15) is 32.8 Å². The van der Waals surface area contributed by atoms with Gasteiger partial charge in [-0.2, -0.15) is 0 Å². The number of fused-ring (bicyclic) bond motifs is 3. The molecule has 31 heavy (non-hydrogen) atoms. The smallest absolute Gasteiger partial charge is 0.259 e. The van der Waals surface area contributed by atoms with Gasteiger partial charge in [-0.25, -0.2) is 9.89 Å². The van der Waals surface area contributed by atoms with E-state index in [0.29, 0.717) is 21.7 Å². The van der Waals surface area contributed by atoms with Crippen molar-refractivity contribution < 1.29 is 9.59 Å². The Balaban J connectivity index is 1.61. The number of hydrogen-bond acceptors (Lipinski definition) is 5. The molecule has 2 aromatic carbocycles. The van der Waals surface area contributed by atoms with E-state index in [4.69, 9.17) is 21.6 Å². The lowest BCUT2D eigenvalue weighted by Gasteiger charge is -2.27. The van der Waals surface area contributed by atoms with Crippen LogP contribution in [0.3, 0.4) is 0 Å². The summed E-state index contributed by atoms with van der Waals surface area (Å²) in [6.45, 7) is 5.86. The molecule has 1 N–H and O–H groups in total. The average molecular weight is 455 g/mol. The second-order valence-electron chi connectivity index (χ2n) is 7.60. The summed E-state index contributed by atoms with van der Waals surface area (Å²) < 4.78 is 0. The Morgan fingerprint density at radius 3 is 2.65 bits per heavy atom. The Labute approximate surface area is 190 Å². The maximum atomic E-state index is 13.2. The van der Waals surface area contributed by atoms with Crippen molar-refractivity contribution in [2.45, 2.75) is 38.5 Å². The number of amides is 2. The number of carbonyl (C=O) groups is 2. The van der Waals surface area contributed by atoms with Gasteiger partial charge in [-0.3, -0.25) is 14.6 Å². The summed E-state index contributed by atoms with van der Waals surface area (Å²) in [5.41, 5.74) is 2.13. The van der Waals surface area contributed by atoms with E-state index < -0.39 is 11.3 Å². The largest absolute Gasteiger partial charge is 0.324 e. The van der Waals surface area contributed by atoms with Crippen LogP contribution in [0.25, 0.3) is 0 Å². The molecule has 2 aliphatic heterocycles. The summed E-state index contributed by atoms with van der Waals surface area (Å²) in [6, 6.07) is 14.3. The summed E-state index contributed by atoms with van der Waals surface area (Å²) >= 11 is 7.40. The normalized spacial score (nSPS) is 19.2. The number of hydrogen-bond donors (Lipinski definition) is 1. The van der Waals surface area contributed by atoms with Gasteiger partial charge >= 0.3 is 0 Å². The van der Waals surface area contributed by atoms with Crippen molar-refractivity contribution in [2.75, 3.05) is 5.32 Å². The number of aliphatic imine (C=N–C) groups is 2. The fourth-order valence-corrected chi connectivity index (χ4v) is 4.55. The number of benzene rings is 2. The quantitative estimate of drug-likeness (QED) is 0.682. The van der Waals surface area contributed by atoms with Gasteiger partial charge in [-0.05, 0) is 37.1 Å². The maximum Gasteiger partial charge on any atom is 0.259 e. The minimum Gasteiger partial charge on any atom is -0.324 e. The van der Waals surface area contributed by atoms with Gasteiger partial charge in [0.15, 0.2) is 5.17 Å². The van der Waals surface area contributed by atoms with Crippen molar-refractivity contribution in [3.8, 4) is 0 Å². The van der Waals surface area contributed by atoms with E-state index in [1.807, 2.05) is 44.2 Å². The topological polar surface area (TPSA) is 74.1 Å². The number of halogens is 1. The predicted molar refractivity (Wildman–Crippen MR) is 127 cm³/mol. The van der Waals surface area contributed by atoms with Crippen LogP contribution in [0, 0.1) is 5.92 Å². The molecule has 8 heteroatoms. The Morgan fingerprint density at radius 1 is 1.19 bits per heavy atom. The molecule has 6 nitrogen and oxygen atoms in total. The number of para-hydroxylation sites is 2. The number of nitrogens with one attached hydrogen (secondary N) is 1. The van der Waals surface area contributed by atoms with E-state index >= 15 is 0 Å². The Hall–Kier alpha value is -2.64. The van der Waals surface area contributed by atoms with Gasteiger partial charge in [0.2, 0.25) is 5.91 Å². The van der Waals surface area contributed by atoms with E-state index in [0.717, 1.165) is 17.7 Å². The molecular formula is C23H23ClN4O2S. The van der Waals surface area contributed by atoms with Crippen molar-refractivity contribution in [3.05, 3.63) is 59.1 Å². The minimum atomic E-state index is -0.503. The molecule has 2 heterocycles. The van der Waals surface area contributed by atoms with Gasteiger partial charge in [0.05, 0.1) is 21.6 Å². The number of amidine groups is 2. The lowest BCUT2D eigenvalue weighted by molar-refractivity contribution is -0.125. The summed E-state index contributed by atoms with van der Waals surface area (Å²) in [7, 11) is 0. The van der Waals surface area contributed by atoms with Gasteiger partial charge in [-0.1, -0.05) is 67.9 Å². The van der Waals surface area contributed by atoms with E-state index in [9.17, 15) is 9.59 Å². The highest BCUT2D eigenvalue weighted by Gasteiger charge is 2.43. The number of carbonyl (C=O) groups excluding carboxylic acids is 2. The highest BCUT2D eigenvalue weighted by Crippen LogP contribution is 2.36. The fourth-order valence-electron chi connectivity index (χ4n) is 3.45. The fraction of sp³-hybridized carbons (Fsp3) is 0.304. The molecule has 0 radical (unpaired) electrons. The van der Waals surface area contributed by atoms with Crippen LogP contribution in [0.5, 0.6) is 0 Å². The first-order valence-corrected chi connectivity index (χ1v) is 11.5. The Bertz CT molecular complexity index is 1100. The highest BCUT2D eigenvalue weighted by molar-refractivity contribution is 8.15. The third-order valence-electron chi connectivity index (χ3n) is 5.46. The van der Waals surface area contributed by atoms with Crippen molar-refractivity contribution in [1.82, 2.24) is 4.90 Å². The molecule has 0 unspecified atom stereocenters. The van der Waals surface area contributed by atoms with Gasteiger partial charge in [0, 0.05) is 5.56 Å². The standard InChI is InChI=1S/C23H23ClN4O2S/c1-4-13(2)19-22(30)28-20(27-19)15-9-5-7-11-17(15)26-23(28)31-14(3)21(29)25-18-12-8-6-10-16(18)24/h5-14,19H,4H2,1-3H3,(H,25,29)/t13-,14+,19-/m0/s1. The SMILES string of the molecule is CC[C@H](C)[C@@H]1N=C2c3ccccc3N=C(S[C@H](C)C(=O)Nc3ccccc3Cl)N2C1=O. The van der Waals surface area contributed by atoms with Crippen LogP contribution in [-0.2, 0) is 9.59 Å². The zero-order chi connectivity index (χ0) is 22.1. The summed E-state index contributed by atoms with van der Waals surface area (Å²) in [5.74, 6) is 0.416. The zero-order valence-electron chi connectivity index (χ0n) is 17.5. The van der Waals surface area contributed by atoms with E-state index in [1.54, 1.807) is 30.0 Å². The third-order valence-corrected chi connectivity index (χ3v) is 6.85. The van der Waals surface area contributed by atoms with Crippen LogP contribution in [-0.4, -0.2) is 39.0 Å². The maximum absolute atomic E-state index is 13.2. The second-order valence-corrected chi connectivity index (χ2v) is 9.31. The molecule has 0 bridgehead atoms. The number of rotatable bonds is 5. The van der Waals surface area contributed by atoms with E-state index in [-0.39, 0.29) is 17.7 Å². The number of thioether (sulfide) groups is 1. The first kappa shape index (κ1) is 21.6. The lowest BCUT2D eigenvalue weighted by atomic mass is 10.00. The molecule has 0 spiro atoms. The molecular weight excluding hydrogens is 432 g/mol. The zero-order valence-corrected chi connectivity index (χ0v) is 19.1. The van der Waals surface area contributed by atoms with Crippen molar-refractivity contribution in [1.29, 1.82) is 0 Å². The first-order chi connectivity index (χ1) is 14.9. The number of nitrogens with zero attached hydrogens (tertiary/aromatic N) is 3. The van der Waals surface area contributed by atoms with Crippen LogP contribution >= 0.6 is 23.4 Å². The lowest BCUT2D eigenvalue weighted by Crippen LogP contribution is -2.43.